The number of fused-ring (bicyclic) bond motifs is 2. The molecule has 1 aliphatic heterocycles. The molecule has 18 heavy (non-hydrogen) atoms. The van der Waals surface area contributed by atoms with Crippen molar-refractivity contribution >= 4 is 10.0 Å². The monoisotopic (exact) mass is 267 g/mol. The van der Waals surface area contributed by atoms with Gasteiger partial charge < -0.3 is 5.11 Å². The molecular formula is C13H17NO3S. The SMILES string of the molecule is O=S(=O)(c1ccc(CO)cc1)N1CC2CCC1C2. The molecule has 1 aliphatic carbocycles. The molecule has 2 aliphatic rings. The molecule has 0 amide bonds. The van der Waals surface area contributed by atoms with Gasteiger partial charge in [-0.25, -0.2) is 8.42 Å². The average molecular weight is 267 g/mol. The molecule has 98 valence electrons. The van der Waals surface area contributed by atoms with Gasteiger partial charge in [0.25, 0.3) is 0 Å². The Bertz CT molecular complexity index is 538. The lowest BCUT2D eigenvalue weighted by Crippen LogP contribution is -2.37. The first-order valence-electron chi connectivity index (χ1n) is 6.33. The Morgan fingerprint density at radius 1 is 1.22 bits per heavy atom. The Kier molecular flexibility index (Phi) is 2.92. The summed E-state index contributed by atoms with van der Waals surface area (Å²) in [4.78, 5) is 0.340. The zero-order valence-electron chi connectivity index (χ0n) is 10.1. The van der Waals surface area contributed by atoms with E-state index in [-0.39, 0.29) is 12.6 Å². The number of rotatable bonds is 3. The lowest BCUT2D eigenvalue weighted by molar-refractivity contribution is 0.281. The van der Waals surface area contributed by atoms with Crippen molar-refractivity contribution in [2.45, 2.75) is 36.8 Å². The summed E-state index contributed by atoms with van der Waals surface area (Å²) in [7, 11) is -3.34. The van der Waals surface area contributed by atoms with Crippen LogP contribution < -0.4 is 0 Å². The molecule has 2 unspecified atom stereocenters. The van der Waals surface area contributed by atoms with E-state index in [9.17, 15) is 8.42 Å². The lowest BCUT2D eigenvalue weighted by atomic mass is 10.1. The van der Waals surface area contributed by atoms with Gasteiger partial charge in [-0.15, -0.1) is 0 Å². The molecule has 1 N–H and O–H groups in total. The first-order chi connectivity index (χ1) is 8.61. The van der Waals surface area contributed by atoms with Crippen LogP contribution in [0.1, 0.15) is 24.8 Å². The molecule has 1 aromatic rings. The summed E-state index contributed by atoms with van der Waals surface area (Å²) in [6, 6.07) is 6.72. The van der Waals surface area contributed by atoms with Crippen molar-refractivity contribution < 1.29 is 13.5 Å². The van der Waals surface area contributed by atoms with Crippen LogP contribution in [0.25, 0.3) is 0 Å². The number of piperidine rings is 1. The van der Waals surface area contributed by atoms with Gasteiger partial charge in [0.05, 0.1) is 11.5 Å². The van der Waals surface area contributed by atoms with Gasteiger partial charge in [0, 0.05) is 12.6 Å². The van der Waals surface area contributed by atoms with Gasteiger partial charge in [-0.1, -0.05) is 12.1 Å². The summed E-state index contributed by atoms with van der Waals surface area (Å²) in [5.74, 6) is 0.557. The fourth-order valence-electron chi connectivity index (χ4n) is 3.08. The van der Waals surface area contributed by atoms with E-state index in [4.69, 9.17) is 5.11 Å². The van der Waals surface area contributed by atoms with Crippen LogP contribution >= 0.6 is 0 Å². The molecule has 4 nitrogen and oxygen atoms in total. The van der Waals surface area contributed by atoms with Crippen LogP contribution in [-0.2, 0) is 16.6 Å². The minimum absolute atomic E-state index is 0.0608. The van der Waals surface area contributed by atoms with Gasteiger partial charge in [0.15, 0.2) is 0 Å². The Hall–Kier alpha value is -0.910. The van der Waals surface area contributed by atoms with Crippen LogP contribution in [0.15, 0.2) is 29.2 Å². The lowest BCUT2D eigenvalue weighted by Gasteiger charge is -2.26. The smallest absolute Gasteiger partial charge is 0.243 e. The van der Waals surface area contributed by atoms with Gasteiger partial charge in [0.1, 0.15) is 0 Å². The Morgan fingerprint density at radius 3 is 2.44 bits per heavy atom. The molecule has 1 heterocycles. The van der Waals surface area contributed by atoms with E-state index in [1.54, 1.807) is 28.6 Å². The van der Waals surface area contributed by atoms with Crippen LogP contribution in [0, 0.1) is 5.92 Å². The summed E-state index contributed by atoms with van der Waals surface area (Å²) in [6.45, 7) is 0.615. The van der Waals surface area contributed by atoms with Crippen molar-refractivity contribution in [1.29, 1.82) is 0 Å². The zero-order chi connectivity index (χ0) is 12.8. The second-order valence-corrected chi connectivity index (χ2v) is 7.10. The van der Waals surface area contributed by atoms with Crippen LogP contribution in [0.2, 0.25) is 0 Å². The normalized spacial score (nSPS) is 27.8. The fourth-order valence-corrected chi connectivity index (χ4v) is 4.82. The largest absolute Gasteiger partial charge is 0.392 e. The van der Waals surface area contributed by atoms with E-state index in [1.807, 2.05) is 0 Å². The third kappa shape index (κ3) is 1.86. The molecular weight excluding hydrogens is 250 g/mol. The minimum atomic E-state index is -3.34. The predicted octanol–water partition coefficient (Wildman–Crippen LogP) is 1.35. The molecule has 3 rings (SSSR count). The summed E-state index contributed by atoms with van der Waals surface area (Å²) < 4.78 is 26.6. The second-order valence-electron chi connectivity index (χ2n) is 5.21. The van der Waals surface area contributed by atoms with Crippen molar-refractivity contribution in [1.82, 2.24) is 4.31 Å². The third-order valence-electron chi connectivity index (χ3n) is 4.07. The molecule has 0 radical (unpaired) electrons. The molecule has 2 bridgehead atoms. The molecule has 0 aromatic heterocycles. The minimum Gasteiger partial charge on any atom is -0.392 e. The first kappa shape index (κ1) is 12.1. The van der Waals surface area contributed by atoms with Crippen LogP contribution in [-0.4, -0.2) is 30.4 Å². The maximum Gasteiger partial charge on any atom is 0.243 e. The Balaban J connectivity index is 1.89. The predicted molar refractivity (Wildman–Crippen MR) is 67.4 cm³/mol. The number of aliphatic hydroxyl groups is 1. The topological polar surface area (TPSA) is 57.6 Å². The van der Waals surface area contributed by atoms with Crippen molar-refractivity contribution in [2.24, 2.45) is 5.92 Å². The number of hydrogen-bond donors (Lipinski definition) is 1. The zero-order valence-corrected chi connectivity index (χ0v) is 10.9. The van der Waals surface area contributed by atoms with Crippen LogP contribution in [0.4, 0.5) is 0 Å². The van der Waals surface area contributed by atoms with E-state index in [1.165, 1.54) is 6.42 Å². The number of aliphatic hydroxyl groups excluding tert-OH is 1. The third-order valence-corrected chi connectivity index (χ3v) is 6.00. The number of hydrogen-bond acceptors (Lipinski definition) is 3. The van der Waals surface area contributed by atoms with Crippen LogP contribution in [0.5, 0.6) is 0 Å². The van der Waals surface area contributed by atoms with Gasteiger partial charge in [0.2, 0.25) is 10.0 Å². The van der Waals surface area contributed by atoms with E-state index >= 15 is 0 Å². The van der Waals surface area contributed by atoms with Crippen molar-refractivity contribution in [2.75, 3.05) is 6.54 Å². The van der Waals surface area contributed by atoms with E-state index in [2.05, 4.69) is 0 Å². The van der Waals surface area contributed by atoms with Gasteiger partial charge in [-0.05, 0) is 42.9 Å². The summed E-state index contributed by atoms with van der Waals surface area (Å²) in [6.07, 6.45) is 3.19. The van der Waals surface area contributed by atoms with Crippen molar-refractivity contribution in [3.8, 4) is 0 Å². The highest BCUT2D eigenvalue weighted by molar-refractivity contribution is 7.89. The highest BCUT2D eigenvalue weighted by atomic mass is 32.2. The molecule has 1 saturated carbocycles. The molecule has 5 heteroatoms. The highest BCUT2D eigenvalue weighted by Crippen LogP contribution is 2.40. The molecule has 1 saturated heterocycles. The van der Waals surface area contributed by atoms with Crippen molar-refractivity contribution in [3.05, 3.63) is 29.8 Å². The van der Waals surface area contributed by atoms with Crippen molar-refractivity contribution in [3.63, 3.8) is 0 Å². The van der Waals surface area contributed by atoms with Gasteiger partial charge >= 0.3 is 0 Å². The molecule has 1 aromatic carbocycles. The van der Waals surface area contributed by atoms with E-state index in [0.717, 1.165) is 18.4 Å². The molecule has 2 atom stereocenters. The maximum absolute atomic E-state index is 12.5. The highest BCUT2D eigenvalue weighted by Gasteiger charge is 2.44. The van der Waals surface area contributed by atoms with Gasteiger partial charge in [-0.2, -0.15) is 4.31 Å². The number of benzene rings is 1. The fraction of sp³-hybridized carbons (Fsp3) is 0.538. The molecule has 2 fully saturated rings. The quantitative estimate of drug-likeness (QED) is 0.899. The Labute approximate surface area is 107 Å². The summed E-state index contributed by atoms with van der Waals surface area (Å²) in [5.41, 5.74) is 0.733. The molecule has 0 spiro atoms. The first-order valence-corrected chi connectivity index (χ1v) is 7.77. The summed E-state index contributed by atoms with van der Waals surface area (Å²) in [5, 5.41) is 8.97. The Morgan fingerprint density at radius 2 is 1.94 bits per heavy atom. The van der Waals surface area contributed by atoms with E-state index in [0.29, 0.717) is 17.4 Å². The number of nitrogens with zero attached hydrogens (tertiary/aromatic N) is 1. The summed E-state index contributed by atoms with van der Waals surface area (Å²) >= 11 is 0. The van der Waals surface area contributed by atoms with E-state index < -0.39 is 10.0 Å². The average Bonchev–Trinajstić information content (AvgIpc) is 3.01. The van der Waals surface area contributed by atoms with Gasteiger partial charge in [-0.3, -0.25) is 0 Å². The van der Waals surface area contributed by atoms with Crippen LogP contribution in [0.3, 0.4) is 0 Å². The second kappa shape index (κ2) is 4.33. The standard InChI is InChI=1S/C13H17NO3S/c15-9-10-2-5-13(6-3-10)18(16,17)14-8-11-1-4-12(14)7-11/h2-3,5-6,11-12,15H,1,4,7-9H2. The number of sulfonamides is 1. The maximum atomic E-state index is 12.5.